The van der Waals surface area contributed by atoms with Crippen LogP contribution in [0.4, 0.5) is 0 Å². The van der Waals surface area contributed by atoms with Gasteiger partial charge in [-0.1, -0.05) is 50.1 Å². The molecule has 2 rings (SSSR count). The van der Waals surface area contributed by atoms with Crippen molar-refractivity contribution in [2.24, 2.45) is 0 Å². The van der Waals surface area contributed by atoms with E-state index < -0.39 is 0 Å². The third-order valence-corrected chi connectivity index (χ3v) is 3.77. The summed E-state index contributed by atoms with van der Waals surface area (Å²) in [5.41, 5.74) is 1.36. The molecule has 1 aliphatic carbocycles. The Bertz CT molecular complexity index is 404. The molecule has 0 aromatic heterocycles. The number of nitrogens with one attached hydrogen (secondary N) is 1. The maximum Gasteiger partial charge on any atom is 0.322 e. The van der Waals surface area contributed by atoms with Crippen molar-refractivity contribution in [2.45, 2.75) is 50.6 Å². The molecule has 1 saturated carbocycles. The molecule has 1 aromatic carbocycles. The molecule has 1 fully saturated rings. The van der Waals surface area contributed by atoms with Crippen LogP contribution < -0.4 is 5.32 Å². The summed E-state index contributed by atoms with van der Waals surface area (Å²) in [6, 6.07) is 10.8. The number of esters is 1. The summed E-state index contributed by atoms with van der Waals surface area (Å²) < 4.78 is 4.88. The second-order valence-electron chi connectivity index (χ2n) is 5.24. The Hall–Kier alpha value is -1.35. The van der Waals surface area contributed by atoms with Crippen molar-refractivity contribution in [3.63, 3.8) is 0 Å². The van der Waals surface area contributed by atoms with Crippen molar-refractivity contribution >= 4 is 5.97 Å². The second-order valence-corrected chi connectivity index (χ2v) is 5.24. The number of benzene rings is 1. The van der Waals surface area contributed by atoms with E-state index >= 15 is 0 Å². The van der Waals surface area contributed by atoms with Crippen LogP contribution in [0.3, 0.4) is 0 Å². The highest BCUT2D eigenvalue weighted by molar-refractivity contribution is 5.75. The van der Waals surface area contributed by atoms with Crippen LogP contribution in [0.15, 0.2) is 30.3 Å². The molecule has 3 atom stereocenters. The van der Waals surface area contributed by atoms with E-state index in [9.17, 15) is 4.79 Å². The lowest BCUT2D eigenvalue weighted by Crippen LogP contribution is -2.39. The summed E-state index contributed by atoms with van der Waals surface area (Å²) in [6.45, 7) is 2.14. The van der Waals surface area contributed by atoms with Gasteiger partial charge in [-0.05, 0) is 18.4 Å². The second kappa shape index (κ2) is 6.71. The smallest absolute Gasteiger partial charge is 0.322 e. The van der Waals surface area contributed by atoms with E-state index in [1.807, 2.05) is 6.07 Å². The van der Waals surface area contributed by atoms with Gasteiger partial charge in [0.1, 0.15) is 6.04 Å². The number of carbonyl (C=O) groups is 1. The molecule has 19 heavy (non-hydrogen) atoms. The minimum absolute atomic E-state index is 0.132. The number of hydrogen-bond acceptors (Lipinski definition) is 3. The lowest BCUT2D eigenvalue weighted by Gasteiger charge is -2.16. The highest BCUT2D eigenvalue weighted by Gasteiger charge is 2.40. The maximum atomic E-state index is 11.7. The molecule has 3 unspecified atom stereocenters. The van der Waals surface area contributed by atoms with E-state index in [0.29, 0.717) is 12.0 Å². The zero-order valence-electron chi connectivity index (χ0n) is 11.8. The molecule has 1 N–H and O–H groups in total. The first-order valence-corrected chi connectivity index (χ1v) is 7.15. The fourth-order valence-electron chi connectivity index (χ4n) is 2.53. The number of carbonyl (C=O) groups excluding carboxylic acids is 1. The summed E-state index contributed by atoms with van der Waals surface area (Å²) in [7, 11) is 1.46. The molecule has 0 radical (unpaired) electrons. The van der Waals surface area contributed by atoms with Crippen molar-refractivity contribution in [3.8, 4) is 0 Å². The van der Waals surface area contributed by atoms with E-state index in [2.05, 4.69) is 36.5 Å². The third kappa shape index (κ3) is 3.80. The number of hydrogen-bond donors (Lipinski definition) is 1. The molecular formula is C16H23NO2. The average Bonchev–Trinajstić information content (AvgIpc) is 3.23. The molecular weight excluding hydrogens is 238 g/mol. The van der Waals surface area contributed by atoms with Gasteiger partial charge in [0.2, 0.25) is 0 Å². The predicted octanol–water partition coefficient (Wildman–Crippen LogP) is 2.86. The van der Waals surface area contributed by atoms with Crippen LogP contribution >= 0.6 is 0 Å². The van der Waals surface area contributed by atoms with Crippen LogP contribution in [-0.2, 0) is 9.53 Å². The Morgan fingerprint density at radius 1 is 1.42 bits per heavy atom. The lowest BCUT2D eigenvalue weighted by molar-refractivity contribution is -0.143. The van der Waals surface area contributed by atoms with Gasteiger partial charge in [0.25, 0.3) is 0 Å². The van der Waals surface area contributed by atoms with Crippen LogP contribution in [0.2, 0.25) is 0 Å². The van der Waals surface area contributed by atoms with E-state index in [0.717, 1.165) is 25.7 Å². The molecule has 0 bridgehead atoms. The fraction of sp³-hybridized carbons (Fsp3) is 0.562. The molecule has 3 nitrogen and oxygen atoms in total. The Kier molecular flexibility index (Phi) is 4.97. The van der Waals surface area contributed by atoms with Crippen molar-refractivity contribution in [1.29, 1.82) is 0 Å². The molecule has 0 heterocycles. The van der Waals surface area contributed by atoms with Gasteiger partial charge in [0.15, 0.2) is 0 Å². The number of unbranched alkanes of at least 4 members (excludes halogenated alkanes) is 1. The molecule has 0 amide bonds. The van der Waals surface area contributed by atoms with Crippen LogP contribution in [0.1, 0.15) is 44.1 Å². The maximum absolute atomic E-state index is 11.7. The van der Waals surface area contributed by atoms with Crippen molar-refractivity contribution in [3.05, 3.63) is 35.9 Å². The first-order valence-electron chi connectivity index (χ1n) is 7.15. The van der Waals surface area contributed by atoms with Gasteiger partial charge in [-0.3, -0.25) is 4.79 Å². The first-order chi connectivity index (χ1) is 9.26. The molecule has 0 spiro atoms. The van der Waals surface area contributed by atoms with Crippen molar-refractivity contribution in [2.75, 3.05) is 7.11 Å². The third-order valence-electron chi connectivity index (χ3n) is 3.77. The van der Waals surface area contributed by atoms with Crippen molar-refractivity contribution < 1.29 is 9.53 Å². The van der Waals surface area contributed by atoms with Gasteiger partial charge in [-0.15, -0.1) is 0 Å². The summed E-state index contributed by atoms with van der Waals surface area (Å²) in [5.74, 6) is 0.419. The van der Waals surface area contributed by atoms with Gasteiger partial charge in [0, 0.05) is 12.0 Å². The number of rotatable bonds is 7. The zero-order chi connectivity index (χ0) is 13.7. The summed E-state index contributed by atoms with van der Waals surface area (Å²) in [4.78, 5) is 11.7. The Labute approximate surface area is 115 Å². The quantitative estimate of drug-likeness (QED) is 0.767. The number of methoxy groups -OCH3 is 1. The summed E-state index contributed by atoms with van der Waals surface area (Å²) in [6.07, 6.45) is 4.13. The zero-order valence-corrected chi connectivity index (χ0v) is 11.8. The summed E-state index contributed by atoms with van der Waals surface area (Å²) in [5, 5.41) is 3.45. The first kappa shape index (κ1) is 14.1. The monoisotopic (exact) mass is 261 g/mol. The summed E-state index contributed by atoms with van der Waals surface area (Å²) >= 11 is 0. The molecule has 1 aromatic rings. The van der Waals surface area contributed by atoms with Gasteiger partial charge < -0.3 is 10.1 Å². The number of ether oxygens (including phenoxy) is 1. The molecule has 3 heteroatoms. The topological polar surface area (TPSA) is 38.3 Å². The van der Waals surface area contributed by atoms with Gasteiger partial charge in [-0.2, -0.15) is 0 Å². The molecule has 1 aliphatic rings. The molecule has 104 valence electrons. The molecule has 0 saturated heterocycles. The van der Waals surface area contributed by atoms with E-state index in [1.54, 1.807) is 0 Å². The highest BCUT2D eigenvalue weighted by Crippen LogP contribution is 2.41. The van der Waals surface area contributed by atoms with E-state index in [1.165, 1.54) is 12.7 Å². The minimum atomic E-state index is -0.149. The SMILES string of the molecule is CCCCC(NC1CC1c1ccccc1)C(=O)OC. The van der Waals surface area contributed by atoms with Gasteiger partial charge in [-0.25, -0.2) is 0 Å². The minimum Gasteiger partial charge on any atom is -0.468 e. The standard InChI is InChI=1S/C16H23NO2/c1-3-4-10-14(16(18)19-2)17-15-11-13(15)12-8-6-5-7-9-12/h5-9,13-15,17H,3-4,10-11H2,1-2H3. The Morgan fingerprint density at radius 2 is 2.16 bits per heavy atom. The lowest BCUT2D eigenvalue weighted by atomic mass is 10.1. The van der Waals surface area contributed by atoms with Crippen LogP contribution in [0.25, 0.3) is 0 Å². The van der Waals surface area contributed by atoms with E-state index in [4.69, 9.17) is 4.74 Å². The Morgan fingerprint density at radius 3 is 2.79 bits per heavy atom. The van der Waals surface area contributed by atoms with Crippen molar-refractivity contribution in [1.82, 2.24) is 5.32 Å². The Balaban J connectivity index is 1.87. The van der Waals surface area contributed by atoms with E-state index in [-0.39, 0.29) is 12.0 Å². The highest BCUT2D eigenvalue weighted by atomic mass is 16.5. The largest absolute Gasteiger partial charge is 0.468 e. The predicted molar refractivity (Wildman–Crippen MR) is 76.1 cm³/mol. The van der Waals surface area contributed by atoms with Gasteiger partial charge >= 0.3 is 5.97 Å². The van der Waals surface area contributed by atoms with Crippen LogP contribution in [-0.4, -0.2) is 25.2 Å². The van der Waals surface area contributed by atoms with Gasteiger partial charge in [0.05, 0.1) is 7.11 Å². The fourth-order valence-corrected chi connectivity index (χ4v) is 2.53. The van der Waals surface area contributed by atoms with Crippen LogP contribution in [0.5, 0.6) is 0 Å². The normalized spacial score (nSPS) is 22.8. The molecule has 0 aliphatic heterocycles. The average molecular weight is 261 g/mol. The van der Waals surface area contributed by atoms with Crippen LogP contribution in [0, 0.1) is 0 Å².